The second kappa shape index (κ2) is 6.22. The molecule has 1 saturated heterocycles. The van der Waals surface area contributed by atoms with Crippen LogP contribution < -0.4 is 0 Å². The lowest BCUT2D eigenvalue weighted by molar-refractivity contribution is 0.0697. The highest BCUT2D eigenvalue weighted by Crippen LogP contribution is 2.30. The van der Waals surface area contributed by atoms with E-state index in [9.17, 15) is 13.2 Å². The number of sulfone groups is 1. The van der Waals surface area contributed by atoms with Gasteiger partial charge in [0.2, 0.25) is 0 Å². The molecule has 0 saturated carbocycles. The quantitative estimate of drug-likeness (QED) is 0.813. The summed E-state index contributed by atoms with van der Waals surface area (Å²) in [7, 11) is -1.45. The number of hydrogen-bond acceptors (Lipinski definition) is 4. The van der Waals surface area contributed by atoms with E-state index in [2.05, 4.69) is 5.10 Å². The predicted molar refractivity (Wildman–Crippen MR) is 91.8 cm³/mol. The fourth-order valence-corrected chi connectivity index (χ4v) is 4.61. The minimum Gasteiger partial charge on any atom is -0.329 e. The second-order valence-electron chi connectivity index (χ2n) is 6.01. The van der Waals surface area contributed by atoms with Gasteiger partial charge in [-0.3, -0.25) is 9.48 Å². The van der Waals surface area contributed by atoms with Gasteiger partial charge in [-0.25, -0.2) is 8.42 Å². The van der Waals surface area contributed by atoms with E-state index in [0.717, 1.165) is 5.56 Å². The van der Waals surface area contributed by atoms with Gasteiger partial charge in [-0.1, -0.05) is 23.7 Å². The van der Waals surface area contributed by atoms with Crippen molar-refractivity contribution in [2.75, 3.05) is 18.1 Å². The number of nitrogens with zero attached hydrogens (tertiary/aromatic N) is 3. The van der Waals surface area contributed by atoms with E-state index in [4.69, 9.17) is 11.6 Å². The Labute approximate surface area is 145 Å². The van der Waals surface area contributed by atoms with E-state index in [1.54, 1.807) is 41.2 Å². The van der Waals surface area contributed by atoms with Crippen molar-refractivity contribution < 1.29 is 13.2 Å². The molecule has 128 valence electrons. The zero-order valence-electron chi connectivity index (χ0n) is 13.4. The minimum atomic E-state index is -3.20. The van der Waals surface area contributed by atoms with Crippen molar-refractivity contribution in [2.45, 2.75) is 13.0 Å². The van der Waals surface area contributed by atoms with Gasteiger partial charge in [0.15, 0.2) is 9.84 Å². The molecule has 0 aliphatic carbocycles. The third-order valence-electron chi connectivity index (χ3n) is 4.22. The number of carbonyl (C=O) groups is 1. The first-order chi connectivity index (χ1) is 11.3. The molecule has 1 amide bonds. The third kappa shape index (κ3) is 3.18. The Balaban J connectivity index is 2.00. The second-order valence-corrected chi connectivity index (χ2v) is 8.62. The van der Waals surface area contributed by atoms with E-state index >= 15 is 0 Å². The lowest BCUT2D eigenvalue weighted by Crippen LogP contribution is -2.46. The largest absolute Gasteiger partial charge is 0.329 e. The normalized spacial score (nSPS) is 20.1. The highest BCUT2D eigenvalue weighted by molar-refractivity contribution is 7.91. The van der Waals surface area contributed by atoms with E-state index in [1.807, 2.05) is 13.0 Å². The van der Waals surface area contributed by atoms with E-state index in [-0.39, 0.29) is 24.0 Å². The summed E-state index contributed by atoms with van der Waals surface area (Å²) >= 11 is 6.28. The molecule has 3 rings (SSSR count). The number of aromatic nitrogens is 2. The van der Waals surface area contributed by atoms with Crippen LogP contribution in [0, 0.1) is 6.92 Å². The summed E-state index contributed by atoms with van der Waals surface area (Å²) in [6, 6.07) is 4.72. The molecule has 0 radical (unpaired) electrons. The van der Waals surface area contributed by atoms with E-state index < -0.39 is 15.9 Å². The molecule has 2 heterocycles. The molecule has 0 bridgehead atoms. The van der Waals surface area contributed by atoms with Gasteiger partial charge in [-0.2, -0.15) is 5.10 Å². The molecule has 6 nitrogen and oxygen atoms in total. The molecule has 1 atom stereocenters. The maximum atomic E-state index is 13.0. The molecule has 1 unspecified atom stereocenters. The first-order valence-corrected chi connectivity index (χ1v) is 9.73. The number of amides is 1. The highest BCUT2D eigenvalue weighted by atomic mass is 35.5. The van der Waals surface area contributed by atoms with Gasteiger partial charge in [0.1, 0.15) is 0 Å². The van der Waals surface area contributed by atoms with Crippen molar-refractivity contribution in [1.29, 1.82) is 0 Å². The summed E-state index contributed by atoms with van der Waals surface area (Å²) in [5, 5.41) is 4.50. The Morgan fingerprint density at radius 1 is 1.38 bits per heavy atom. The summed E-state index contributed by atoms with van der Waals surface area (Å²) in [5.41, 5.74) is 1.91. The average Bonchev–Trinajstić information content (AvgIpc) is 2.95. The SMILES string of the molecule is Cc1cccc(C(=O)N2CCS(=O)(=O)CC2c2cnn(C)c2)c1Cl. The Kier molecular flexibility index (Phi) is 4.40. The van der Waals surface area contributed by atoms with Gasteiger partial charge in [-0.05, 0) is 18.6 Å². The van der Waals surface area contributed by atoms with Crippen molar-refractivity contribution in [3.63, 3.8) is 0 Å². The molecule has 8 heteroatoms. The van der Waals surface area contributed by atoms with Crippen molar-refractivity contribution >= 4 is 27.3 Å². The topological polar surface area (TPSA) is 72.3 Å². The Hall–Kier alpha value is -1.86. The molecular weight excluding hydrogens is 350 g/mol. The number of benzene rings is 1. The van der Waals surface area contributed by atoms with Crippen LogP contribution in [-0.2, 0) is 16.9 Å². The predicted octanol–water partition coefficient (Wildman–Crippen LogP) is 1.99. The average molecular weight is 368 g/mol. The lowest BCUT2D eigenvalue weighted by atomic mass is 10.1. The summed E-state index contributed by atoms with van der Waals surface area (Å²) in [6.07, 6.45) is 3.34. The zero-order valence-corrected chi connectivity index (χ0v) is 15.0. The monoisotopic (exact) mass is 367 g/mol. The number of rotatable bonds is 2. The lowest BCUT2D eigenvalue weighted by Gasteiger charge is -2.35. The van der Waals surface area contributed by atoms with Gasteiger partial charge >= 0.3 is 0 Å². The smallest absolute Gasteiger partial charge is 0.255 e. The van der Waals surface area contributed by atoms with E-state index in [1.165, 1.54) is 0 Å². The minimum absolute atomic E-state index is 0.0427. The summed E-state index contributed by atoms with van der Waals surface area (Å²) < 4.78 is 25.7. The molecule has 2 aromatic rings. The first kappa shape index (κ1) is 17.0. The van der Waals surface area contributed by atoms with Crippen molar-refractivity contribution in [2.24, 2.45) is 7.05 Å². The first-order valence-electron chi connectivity index (χ1n) is 7.53. The summed E-state index contributed by atoms with van der Waals surface area (Å²) in [5.74, 6) is -0.403. The fraction of sp³-hybridized carbons (Fsp3) is 0.375. The van der Waals surface area contributed by atoms with Gasteiger partial charge in [0.25, 0.3) is 5.91 Å². The van der Waals surface area contributed by atoms with Crippen LogP contribution in [0.5, 0.6) is 0 Å². The van der Waals surface area contributed by atoms with Gasteiger partial charge in [-0.15, -0.1) is 0 Å². The van der Waals surface area contributed by atoms with Gasteiger partial charge in [0, 0.05) is 25.4 Å². The molecular formula is C16H18ClN3O3S. The summed E-state index contributed by atoms with van der Waals surface area (Å²) in [4.78, 5) is 14.6. The van der Waals surface area contributed by atoms with Crippen LogP contribution in [0.4, 0.5) is 0 Å². The molecule has 0 N–H and O–H groups in total. The van der Waals surface area contributed by atoms with Crippen LogP contribution in [0.1, 0.15) is 27.5 Å². The zero-order chi connectivity index (χ0) is 17.5. The molecule has 0 spiro atoms. The maximum Gasteiger partial charge on any atom is 0.255 e. The van der Waals surface area contributed by atoms with Crippen LogP contribution in [0.15, 0.2) is 30.6 Å². The van der Waals surface area contributed by atoms with Crippen LogP contribution >= 0.6 is 11.6 Å². The Morgan fingerprint density at radius 2 is 2.12 bits per heavy atom. The molecule has 24 heavy (non-hydrogen) atoms. The molecule has 1 fully saturated rings. The number of hydrogen-bond donors (Lipinski definition) is 0. The standard InChI is InChI=1S/C16H18ClN3O3S/c1-11-4-3-5-13(15(11)17)16(21)20-6-7-24(22,23)10-14(20)12-8-18-19(2)9-12/h3-5,8-9,14H,6-7,10H2,1-2H3. The van der Waals surface area contributed by atoms with Gasteiger partial charge in [0.05, 0.1) is 34.3 Å². The Morgan fingerprint density at radius 3 is 2.79 bits per heavy atom. The van der Waals surface area contributed by atoms with Crippen LogP contribution in [-0.4, -0.2) is 47.1 Å². The number of halogens is 1. The molecule has 1 aromatic carbocycles. The number of aryl methyl sites for hydroxylation is 2. The van der Waals surface area contributed by atoms with Crippen molar-refractivity contribution in [3.8, 4) is 0 Å². The Bertz CT molecular complexity index is 892. The maximum absolute atomic E-state index is 13.0. The molecule has 1 aliphatic rings. The third-order valence-corrected chi connectivity index (χ3v) is 6.35. The van der Waals surface area contributed by atoms with Crippen LogP contribution in [0.3, 0.4) is 0 Å². The number of carbonyl (C=O) groups excluding carboxylic acids is 1. The molecule has 1 aromatic heterocycles. The van der Waals surface area contributed by atoms with Gasteiger partial charge < -0.3 is 4.90 Å². The van der Waals surface area contributed by atoms with E-state index in [0.29, 0.717) is 16.1 Å². The fourth-order valence-electron chi connectivity index (χ4n) is 2.91. The molecule has 1 aliphatic heterocycles. The van der Waals surface area contributed by atoms with Crippen molar-refractivity contribution in [3.05, 3.63) is 52.3 Å². The van der Waals surface area contributed by atoms with Crippen molar-refractivity contribution in [1.82, 2.24) is 14.7 Å². The summed E-state index contributed by atoms with van der Waals surface area (Å²) in [6.45, 7) is 1.98. The van der Waals surface area contributed by atoms with Crippen LogP contribution in [0.2, 0.25) is 5.02 Å². The highest BCUT2D eigenvalue weighted by Gasteiger charge is 2.36. The van der Waals surface area contributed by atoms with Crippen LogP contribution in [0.25, 0.3) is 0 Å².